The first-order valence-electron chi connectivity index (χ1n) is 17.1. The first kappa shape index (κ1) is 40.4. The normalized spacial score (nSPS) is 29.4. The minimum absolute atomic E-state index is 0.0150. The van der Waals surface area contributed by atoms with Crippen LogP contribution in [0.1, 0.15) is 106 Å². The highest BCUT2D eigenvalue weighted by Gasteiger charge is 2.48. The van der Waals surface area contributed by atoms with Crippen LogP contribution in [0, 0.1) is 0 Å². The van der Waals surface area contributed by atoms with Gasteiger partial charge < -0.3 is 32.8 Å². The molecule has 2 fully saturated rings. The third-order valence-electron chi connectivity index (χ3n) is 9.15. The summed E-state index contributed by atoms with van der Waals surface area (Å²) >= 11 is 0. The zero-order valence-electron chi connectivity index (χ0n) is 29.8. The Morgan fingerprint density at radius 1 is 0.804 bits per heavy atom. The summed E-state index contributed by atoms with van der Waals surface area (Å²) in [5.74, 6) is -0.755. The molecule has 10 heteroatoms. The van der Waals surface area contributed by atoms with Gasteiger partial charge in [0.15, 0.2) is 27.0 Å². The van der Waals surface area contributed by atoms with Gasteiger partial charge in [0.2, 0.25) is 0 Å². The molecule has 0 spiro atoms. The molecular formula is C36H62O9Si. The Morgan fingerprint density at radius 2 is 1.33 bits per heavy atom. The lowest BCUT2D eigenvalue weighted by molar-refractivity contribution is -0.337. The van der Waals surface area contributed by atoms with Gasteiger partial charge in [0.05, 0.1) is 24.4 Å². The van der Waals surface area contributed by atoms with Crippen LogP contribution < -0.4 is 0 Å². The van der Waals surface area contributed by atoms with Crippen molar-refractivity contribution >= 4 is 20.3 Å². The highest BCUT2D eigenvalue weighted by molar-refractivity contribution is 6.74. The summed E-state index contributed by atoms with van der Waals surface area (Å²) in [4.78, 5) is 25.3. The predicted molar refractivity (Wildman–Crippen MR) is 183 cm³/mol. The molecule has 264 valence electrons. The molecule has 46 heavy (non-hydrogen) atoms. The van der Waals surface area contributed by atoms with Crippen LogP contribution in [-0.2, 0) is 42.4 Å². The van der Waals surface area contributed by atoms with Gasteiger partial charge in [0.25, 0.3) is 0 Å². The summed E-state index contributed by atoms with van der Waals surface area (Å²) in [5.41, 5.74) is 0. The van der Waals surface area contributed by atoms with Crippen LogP contribution in [0.5, 0.6) is 0 Å². The monoisotopic (exact) mass is 666 g/mol. The van der Waals surface area contributed by atoms with Crippen LogP contribution in [0.25, 0.3) is 0 Å². The van der Waals surface area contributed by atoms with Crippen LogP contribution in [-0.4, -0.2) is 75.6 Å². The largest absolute Gasteiger partial charge is 0.459 e. The first-order valence-corrected chi connectivity index (χ1v) is 20.0. The fourth-order valence-electron chi connectivity index (χ4n) is 5.23. The number of rotatable bonds is 19. The molecule has 0 aliphatic carbocycles. The number of hydrogen-bond donors (Lipinski definition) is 0. The average molecular weight is 667 g/mol. The summed E-state index contributed by atoms with van der Waals surface area (Å²) in [5, 5.41) is 0.0150. The van der Waals surface area contributed by atoms with E-state index in [0.717, 1.165) is 25.7 Å². The molecular weight excluding hydrogens is 604 g/mol. The molecule has 0 amide bonds. The van der Waals surface area contributed by atoms with Crippen molar-refractivity contribution in [3.8, 4) is 0 Å². The van der Waals surface area contributed by atoms with E-state index in [2.05, 4.69) is 53.6 Å². The van der Waals surface area contributed by atoms with Gasteiger partial charge in [0, 0.05) is 25.7 Å². The minimum atomic E-state index is -2.14. The summed E-state index contributed by atoms with van der Waals surface area (Å²) < 4.78 is 44.4. The Hall–Kier alpha value is -1.82. The van der Waals surface area contributed by atoms with Crippen molar-refractivity contribution in [2.24, 2.45) is 0 Å². The molecule has 2 saturated heterocycles. The van der Waals surface area contributed by atoms with Gasteiger partial charge in [-0.15, -0.1) is 19.7 Å². The molecule has 9 nitrogen and oxygen atoms in total. The van der Waals surface area contributed by atoms with E-state index in [1.165, 1.54) is 0 Å². The number of unbranched alkanes of at least 4 members (excludes halogenated alkanes) is 2. The molecule has 0 aromatic heterocycles. The molecule has 0 saturated carbocycles. The zero-order valence-corrected chi connectivity index (χ0v) is 30.8. The third-order valence-corrected chi connectivity index (χ3v) is 13.7. The maximum Gasteiger partial charge on any atom is 0.306 e. The highest BCUT2D eigenvalue weighted by Crippen LogP contribution is 2.40. The van der Waals surface area contributed by atoms with Crippen LogP contribution in [0.2, 0.25) is 18.1 Å². The Labute approximate surface area is 279 Å². The molecule has 0 N–H and O–H groups in total. The predicted octanol–water partition coefficient (Wildman–Crippen LogP) is 7.94. The molecule has 0 aromatic carbocycles. The smallest absolute Gasteiger partial charge is 0.306 e. The summed E-state index contributed by atoms with van der Waals surface area (Å²) in [6.45, 7) is 28.2. The van der Waals surface area contributed by atoms with Gasteiger partial charge in [-0.1, -0.05) is 45.4 Å². The Bertz CT molecular complexity index is 977. The van der Waals surface area contributed by atoms with Gasteiger partial charge >= 0.3 is 11.9 Å². The van der Waals surface area contributed by atoms with Crippen molar-refractivity contribution in [3.05, 3.63) is 38.0 Å². The second kappa shape index (κ2) is 19.2. The van der Waals surface area contributed by atoms with E-state index >= 15 is 0 Å². The molecule has 0 unspecified atom stereocenters. The Morgan fingerprint density at radius 3 is 1.89 bits per heavy atom. The van der Waals surface area contributed by atoms with E-state index in [9.17, 15) is 9.59 Å². The van der Waals surface area contributed by atoms with Crippen molar-refractivity contribution in [1.82, 2.24) is 0 Å². The molecule has 2 heterocycles. The number of allylic oxidation sites excluding steroid dienone is 3. The van der Waals surface area contributed by atoms with Crippen LogP contribution in [0.3, 0.4) is 0 Å². The number of carbonyl (C=O) groups excluding carboxylic acids is 2. The van der Waals surface area contributed by atoms with Gasteiger partial charge in [-0.05, 0) is 71.0 Å². The summed E-state index contributed by atoms with van der Waals surface area (Å²) in [6.07, 6.45) is 6.77. The quantitative estimate of drug-likeness (QED) is 0.0589. The van der Waals surface area contributed by atoms with E-state index in [1.54, 1.807) is 12.2 Å². The molecule has 2 aliphatic heterocycles. The van der Waals surface area contributed by atoms with E-state index in [1.807, 2.05) is 26.8 Å². The maximum absolute atomic E-state index is 12.8. The second-order valence-electron chi connectivity index (χ2n) is 14.2. The van der Waals surface area contributed by atoms with Crippen molar-refractivity contribution in [2.75, 3.05) is 0 Å². The topological polar surface area (TPSA) is 98.8 Å². The molecule has 9 atom stereocenters. The Balaban J connectivity index is 2.31. The molecule has 2 rings (SSSR count). The van der Waals surface area contributed by atoms with Gasteiger partial charge in [-0.3, -0.25) is 9.59 Å². The minimum Gasteiger partial charge on any atom is -0.459 e. The van der Waals surface area contributed by atoms with Crippen LogP contribution in [0.4, 0.5) is 0 Å². The number of ether oxygens (including phenoxy) is 6. The van der Waals surface area contributed by atoms with Crippen molar-refractivity contribution in [3.63, 3.8) is 0 Å². The van der Waals surface area contributed by atoms with Gasteiger partial charge in [0.1, 0.15) is 12.2 Å². The average Bonchev–Trinajstić information content (AvgIpc) is 2.97. The fourth-order valence-corrected chi connectivity index (χ4v) is 6.63. The van der Waals surface area contributed by atoms with E-state index in [4.69, 9.17) is 32.8 Å². The van der Waals surface area contributed by atoms with Gasteiger partial charge in [-0.2, -0.15) is 0 Å². The lowest BCUT2D eigenvalue weighted by Gasteiger charge is -2.47. The summed E-state index contributed by atoms with van der Waals surface area (Å²) in [7, 11) is -2.14. The molecule has 0 bridgehead atoms. The van der Waals surface area contributed by atoms with Crippen LogP contribution in [0.15, 0.2) is 38.0 Å². The highest BCUT2D eigenvalue weighted by atomic mass is 28.4. The molecule has 0 radical (unpaired) electrons. The molecule has 0 aromatic rings. The van der Waals surface area contributed by atoms with E-state index < -0.39 is 51.3 Å². The van der Waals surface area contributed by atoms with Crippen molar-refractivity contribution < 1.29 is 42.4 Å². The Kier molecular flexibility index (Phi) is 16.9. The summed E-state index contributed by atoms with van der Waals surface area (Å²) in [6, 6.07) is 0. The lowest BCUT2D eigenvalue weighted by atomic mass is 10.0. The standard InChI is InChI=1S/C36H62O9Si/c1-12-15-18-19-20-25(4)39-34-31(24-29(27(6)41-34)45-46(10,11)36(7,8)9)44-35-30(43-33(38)22-17-14-3)23-28(26(5)40-35)42-32(37)21-16-13-2/h12-14,25-31,34-35H,1-3,15-24H2,4-11H3/t25-,26+,27+,28-,29-,30-,31-,34-,35+/m1/s1. The number of hydrogen-bond acceptors (Lipinski definition) is 9. The third kappa shape index (κ3) is 13.0. The van der Waals surface area contributed by atoms with Crippen LogP contribution >= 0.6 is 0 Å². The fraction of sp³-hybridized carbons (Fsp3) is 0.778. The maximum atomic E-state index is 12.8. The number of esters is 2. The molecule has 2 aliphatic rings. The SMILES string of the molecule is C=CCCCC[C@@H](C)O[C@@H]1O[C@@H](C)[C@H](O[Si](C)(C)C(C)(C)C)C[C@H]1O[C@@H]1O[C@@H](C)[C@H](OC(=O)CCC=C)C[C@H]1OC(=O)CCC=C. The second-order valence-corrected chi connectivity index (χ2v) is 19.0. The lowest BCUT2D eigenvalue weighted by Crippen LogP contribution is -2.57. The number of carbonyl (C=O) groups is 2. The zero-order chi connectivity index (χ0) is 34.5. The first-order chi connectivity index (χ1) is 21.6. The van der Waals surface area contributed by atoms with Crippen molar-refractivity contribution in [2.45, 2.75) is 179 Å². The van der Waals surface area contributed by atoms with E-state index in [-0.39, 0.29) is 48.6 Å². The van der Waals surface area contributed by atoms with E-state index in [0.29, 0.717) is 19.3 Å². The van der Waals surface area contributed by atoms with Crippen molar-refractivity contribution in [1.29, 1.82) is 0 Å². The van der Waals surface area contributed by atoms with Gasteiger partial charge in [-0.25, -0.2) is 0 Å².